The molecule has 0 saturated heterocycles. The highest BCUT2D eigenvalue weighted by atomic mass is 16.3. The van der Waals surface area contributed by atoms with Gasteiger partial charge in [0.15, 0.2) is 0 Å². The topological polar surface area (TPSA) is 52.6 Å². The van der Waals surface area contributed by atoms with Crippen LogP contribution in [0.1, 0.15) is 43.0 Å². The molecule has 2 atom stereocenters. The average Bonchev–Trinajstić information content (AvgIpc) is 2.34. The lowest BCUT2D eigenvalue weighted by molar-refractivity contribution is 0.162. The van der Waals surface area contributed by atoms with Gasteiger partial charge in [0.1, 0.15) is 0 Å². The monoisotopic (exact) mass is 278 g/mol. The Morgan fingerprint density at radius 2 is 1.80 bits per heavy atom. The van der Waals surface area contributed by atoms with Crippen LogP contribution in [0.5, 0.6) is 0 Å². The van der Waals surface area contributed by atoms with Gasteiger partial charge in [-0.1, -0.05) is 29.3 Å². The van der Waals surface area contributed by atoms with Gasteiger partial charge in [-0.2, -0.15) is 0 Å². The second-order valence-electron chi connectivity index (χ2n) is 5.65. The minimum absolute atomic E-state index is 0.0323. The number of benzene rings is 1. The molecule has 0 aliphatic rings. The average molecular weight is 278 g/mol. The van der Waals surface area contributed by atoms with Crippen molar-refractivity contribution in [2.24, 2.45) is 0 Å². The van der Waals surface area contributed by atoms with Crippen molar-refractivity contribution in [2.75, 3.05) is 13.6 Å². The molecule has 112 valence electrons. The molecule has 0 aromatic heterocycles. The molecule has 4 heteroatoms. The van der Waals surface area contributed by atoms with Crippen LogP contribution in [0.4, 0.5) is 4.79 Å². The van der Waals surface area contributed by atoms with E-state index in [4.69, 9.17) is 0 Å². The lowest BCUT2D eigenvalue weighted by Crippen LogP contribution is -2.39. The molecule has 0 heterocycles. The Labute approximate surface area is 121 Å². The maximum Gasteiger partial charge on any atom is 0.317 e. The summed E-state index contributed by atoms with van der Waals surface area (Å²) < 4.78 is 0. The van der Waals surface area contributed by atoms with Crippen LogP contribution in [-0.2, 0) is 0 Å². The van der Waals surface area contributed by atoms with Gasteiger partial charge in [0.2, 0.25) is 0 Å². The van der Waals surface area contributed by atoms with Gasteiger partial charge in [0.05, 0.1) is 12.1 Å². The quantitative estimate of drug-likeness (QED) is 0.870. The predicted octanol–water partition coefficient (Wildman–Crippen LogP) is 2.78. The van der Waals surface area contributed by atoms with Crippen LogP contribution in [0.2, 0.25) is 0 Å². The van der Waals surface area contributed by atoms with Crippen molar-refractivity contribution in [3.63, 3.8) is 0 Å². The number of amides is 2. The number of aryl methyl sites for hydroxylation is 2. The normalized spacial score (nSPS) is 13.7. The van der Waals surface area contributed by atoms with Gasteiger partial charge in [0.25, 0.3) is 0 Å². The number of nitrogens with one attached hydrogen (secondary N) is 1. The SMILES string of the molecule is Cc1cc(C)cc(C(C)NC(=O)N(C)CCC(C)O)c1. The molecule has 0 radical (unpaired) electrons. The molecule has 1 aromatic carbocycles. The van der Waals surface area contributed by atoms with Crippen molar-refractivity contribution in [1.82, 2.24) is 10.2 Å². The van der Waals surface area contributed by atoms with Crippen LogP contribution >= 0.6 is 0 Å². The summed E-state index contributed by atoms with van der Waals surface area (Å²) in [6.07, 6.45) is 0.198. The molecule has 0 aliphatic carbocycles. The second-order valence-corrected chi connectivity index (χ2v) is 5.65. The summed E-state index contributed by atoms with van der Waals surface area (Å²) in [5, 5.41) is 12.2. The lowest BCUT2D eigenvalue weighted by atomic mass is 10.0. The molecule has 2 amide bonds. The highest BCUT2D eigenvalue weighted by molar-refractivity contribution is 5.74. The Morgan fingerprint density at radius 1 is 1.25 bits per heavy atom. The van der Waals surface area contributed by atoms with Gasteiger partial charge < -0.3 is 15.3 Å². The maximum atomic E-state index is 12.0. The number of aliphatic hydroxyl groups is 1. The Kier molecular flexibility index (Phi) is 6.02. The van der Waals surface area contributed by atoms with Crippen molar-refractivity contribution in [1.29, 1.82) is 0 Å². The third-order valence-corrected chi connectivity index (χ3v) is 3.31. The zero-order chi connectivity index (χ0) is 15.3. The summed E-state index contributed by atoms with van der Waals surface area (Å²) >= 11 is 0. The second kappa shape index (κ2) is 7.29. The zero-order valence-electron chi connectivity index (χ0n) is 13.1. The smallest absolute Gasteiger partial charge is 0.317 e. The third-order valence-electron chi connectivity index (χ3n) is 3.31. The first-order chi connectivity index (χ1) is 9.29. The number of carbonyl (C=O) groups is 1. The van der Waals surface area contributed by atoms with E-state index < -0.39 is 0 Å². The molecule has 20 heavy (non-hydrogen) atoms. The molecule has 1 rings (SSSR count). The molecule has 0 spiro atoms. The molecular weight excluding hydrogens is 252 g/mol. The molecule has 1 aromatic rings. The van der Waals surface area contributed by atoms with E-state index in [1.165, 1.54) is 11.1 Å². The van der Waals surface area contributed by atoms with Crippen LogP contribution in [0, 0.1) is 13.8 Å². The predicted molar refractivity (Wildman–Crippen MR) is 81.8 cm³/mol. The molecular formula is C16H26N2O2. The third kappa shape index (κ3) is 5.21. The minimum Gasteiger partial charge on any atom is -0.393 e. The number of hydrogen-bond acceptors (Lipinski definition) is 2. The largest absolute Gasteiger partial charge is 0.393 e. The first-order valence-corrected chi connectivity index (χ1v) is 7.07. The minimum atomic E-state index is -0.387. The van der Waals surface area contributed by atoms with Crippen LogP contribution < -0.4 is 5.32 Å². The van der Waals surface area contributed by atoms with E-state index in [0.29, 0.717) is 13.0 Å². The summed E-state index contributed by atoms with van der Waals surface area (Å²) in [5.41, 5.74) is 3.51. The van der Waals surface area contributed by atoms with Gasteiger partial charge in [-0.25, -0.2) is 4.79 Å². The molecule has 0 fully saturated rings. The van der Waals surface area contributed by atoms with Crippen molar-refractivity contribution in [2.45, 2.75) is 46.3 Å². The number of nitrogens with zero attached hydrogens (tertiary/aromatic N) is 1. The van der Waals surface area contributed by atoms with Gasteiger partial charge in [-0.15, -0.1) is 0 Å². The van der Waals surface area contributed by atoms with Gasteiger partial charge >= 0.3 is 6.03 Å². The van der Waals surface area contributed by atoms with Gasteiger partial charge in [-0.05, 0) is 39.7 Å². The number of carbonyl (C=O) groups excluding carboxylic acids is 1. The summed E-state index contributed by atoms with van der Waals surface area (Å²) in [6, 6.07) is 6.15. The van der Waals surface area contributed by atoms with E-state index in [-0.39, 0.29) is 18.2 Å². The molecule has 2 N–H and O–H groups in total. The Bertz CT molecular complexity index is 438. The van der Waals surface area contributed by atoms with Crippen molar-refractivity contribution in [3.8, 4) is 0 Å². The Morgan fingerprint density at radius 3 is 2.30 bits per heavy atom. The van der Waals surface area contributed by atoms with E-state index >= 15 is 0 Å². The number of rotatable bonds is 5. The van der Waals surface area contributed by atoms with Crippen molar-refractivity contribution >= 4 is 6.03 Å². The number of hydrogen-bond donors (Lipinski definition) is 2. The summed E-state index contributed by atoms with van der Waals surface area (Å²) in [5.74, 6) is 0. The maximum absolute atomic E-state index is 12.0. The van der Waals surface area contributed by atoms with Gasteiger partial charge in [0, 0.05) is 13.6 Å². The lowest BCUT2D eigenvalue weighted by Gasteiger charge is -2.22. The standard InChI is InChI=1S/C16H26N2O2/c1-11-8-12(2)10-15(9-11)14(4)17-16(20)18(5)7-6-13(3)19/h8-10,13-14,19H,6-7H2,1-5H3,(H,17,20). The van der Waals surface area contributed by atoms with Crippen LogP contribution in [-0.4, -0.2) is 35.7 Å². The van der Waals surface area contributed by atoms with E-state index in [1.54, 1.807) is 18.9 Å². The molecule has 0 bridgehead atoms. The zero-order valence-corrected chi connectivity index (χ0v) is 13.1. The molecule has 0 saturated carbocycles. The fourth-order valence-corrected chi connectivity index (χ4v) is 2.12. The van der Waals surface area contributed by atoms with E-state index in [0.717, 1.165) is 5.56 Å². The summed E-state index contributed by atoms with van der Waals surface area (Å²) in [7, 11) is 1.74. The summed E-state index contributed by atoms with van der Waals surface area (Å²) in [4.78, 5) is 13.6. The highest BCUT2D eigenvalue weighted by Gasteiger charge is 2.14. The van der Waals surface area contributed by atoms with Gasteiger partial charge in [-0.3, -0.25) is 0 Å². The van der Waals surface area contributed by atoms with Crippen LogP contribution in [0.25, 0.3) is 0 Å². The van der Waals surface area contributed by atoms with Crippen molar-refractivity contribution in [3.05, 3.63) is 34.9 Å². The molecule has 4 nitrogen and oxygen atoms in total. The first-order valence-electron chi connectivity index (χ1n) is 7.07. The van der Waals surface area contributed by atoms with Crippen LogP contribution in [0.15, 0.2) is 18.2 Å². The fraction of sp³-hybridized carbons (Fsp3) is 0.562. The molecule has 0 aliphatic heterocycles. The highest BCUT2D eigenvalue weighted by Crippen LogP contribution is 2.16. The van der Waals surface area contributed by atoms with E-state index in [1.807, 2.05) is 6.92 Å². The number of aliphatic hydroxyl groups excluding tert-OH is 1. The number of urea groups is 1. The summed E-state index contributed by atoms with van der Waals surface area (Å²) in [6.45, 7) is 8.36. The molecule has 2 unspecified atom stereocenters. The van der Waals surface area contributed by atoms with E-state index in [9.17, 15) is 9.90 Å². The Balaban J connectivity index is 2.60. The fourth-order valence-electron chi connectivity index (χ4n) is 2.12. The Hall–Kier alpha value is -1.55. The first kappa shape index (κ1) is 16.5. The van der Waals surface area contributed by atoms with Crippen LogP contribution in [0.3, 0.4) is 0 Å². The van der Waals surface area contributed by atoms with E-state index in [2.05, 4.69) is 37.4 Å². The van der Waals surface area contributed by atoms with Crippen molar-refractivity contribution < 1.29 is 9.90 Å².